The first-order valence-electron chi connectivity index (χ1n) is 12.2. The van der Waals surface area contributed by atoms with E-state index >= 15 is 0 Å². The Morgan fingerprint density at radius 1 is 1.05 bits per heavy atom. The van der Waals surface area contributed by atoms with E-state index < -0.39 is 6.03 Å². The number of H-pyrrole nitrogens is 1. The van der Waals surface area contributed by atoms with Crippen molar-refractivity contribution >= 4 is 57.9 Å². The van der Waals surface area contributed by atoms with Gasteiger partial charge in [-0.25, -0.2) is 14.7 Å². The van der Waals surface area contributed by atoms with E-state index in [0.29, 0.717) is 23.1 Å². The Morgan fingerprint density at radius 2 is 1.68 bits per heavy atom. The Kier molecular flexibility index (Phi) is 8.98. The molecule has 1 aliphatic rings. The van der Waals surface area contributed by atoms with Gasteiger partial charge in [0.2, 0.25) is 18.0 Å². The molecular formula is C26H32Cl2N7O3+. The van der Waals surface area contributed by atoms with Crippen molar-refractivity contribution < 1.29 is 19.3 Å². The van der Waals surface area contributed by atoms with Gasteiger partial charge in [0.1, 0.15) is 21.5 Å². The summed E-state index contributed by atoms with van der Waals surface area (Å²) in [5, 5.41) is 6.35. The van der Waals surface area contributed by atoms with Crippen molar-refractivity contribution in [3.8, 4) is 11.5 Å². The van der Waals surface area contributed by atoms with Crippen LogP contribution in [0.15, 0.2) is 42.7 Å². The molecule has 3 N–H and O–H groups in total. The molecule has 1 aromatic heterocycles. The molecule has 0 spiro atoms. The number of anilines is 5. The lowest BCUT2D eigenvalue weighted by Gasteiger charge is -2.35. The molecule has 0 atom stereocenters. The van der Waals surface area contributed by atoms with Crippen LogP contribution in [0.3, 0.4) is 0 Å². The number of aromatic nitrogens is 2. The zero-order valence-electron chi connectivity index (χ0n) is 21.8. The second-order valence-corrected chi connectivity index (χ2v) is 9.44. The van der Waals surface area contributed by atoms with Gasteiger partial charge in [-0.2, -0.15) is 0 Å². The molecule has 12 heteroatoms. The van der Waals surface area contributed by atoms with E-state index in [1.165, 1.54) is 31.1 Å². The summed E-state index contributed by atoms with van der Waals surface area (Å²) in [6.45, 7) is 7.49. The normalized spacial score (nSPS) is 13.7. The van der Waals surface area contributed by atoms with Gasteiger partial charge in [0.15, 0.2) is 0 Å². The van der Waals surface area contributed by atoms with Crippen molar-refractivity contribution in [1.29, 1.82) is 0 Å². The van der Waals surface area contributed by atoms with Gasteiger partial charge in [0, 0.05) is 43.6 Å². The Balaban J connectivity index is 1.44. The quantitative estimate of drug-likeness (QED) is 0.409. The first-order valence-corrected chi connectivity index (χ1v) is 13.0. The largest absolute Gasteiger partial charge is 0.495 e. The lowest BCUT2D eigenvalue weighted by atomic mass is 10.2. The van der Waals surface area contributed by atoms with Gasteiger partial charge in [-0.1, -0.05) is 35.1 Å². The number of halogens is 2. The predicted octanol–water partition coefficient (Wildman–Crippen LogP) is 4.77. The number of benzene rings is 2. The van der Waals surface area contributed by atoms with Crippen LogP contribution < -0.4 is 34.9 Å². The molecular weight excluding hydrogens is 529 g/mol. The number of rotatable bonds is 8. The van der Waals surface area contributed by atoms with Crippen molar-refractivity contribution in [1.82, 2.24) is 9.88 Å². The van der Waals surface area contributed by atoms with E-state index in [4.69, 9.17) is 32.7 Å². The minimum atomic E-state index is -0.481. The van der Waals surface area contributed by atoms with Crippen LogP contribution in [0.5, 0.6) is 11.5 Å². The number of nitrogens with one attached hydrogen (secondary N) is 3. The third-order valence-corrected chi connectivity index (χ3v) is 7.24. The molecule has 4 rings (SSSR count). The van der Waals surface area contributed by atoms with Crippen LogP contribution >= 0.6 is 23.2 Å². The number of aromatic amines is 1. The Morgan fingerprint density at radius 3 is 2.26 bits per heavy atom. The molecule has 1 aliphatic heterocycles. The van der Waals surface area contributed by atoms with Crippen molar-refractivity contribution in [3.63, 3.8) is 0 Å². The van der Waals surface area contributed by atoms with Gasteiger partial charge in [-0.15, -0.1) is 0 Å². The van der Waals surface area contributed by atoms with Crippen molar-refractivity contribution in [2.75, 3.05) is 74.4 Å². The van der Waals surface area contributed by atoms with E-state index in [9.17, 15) is 4.79 Å². The lowest BCUT2D eigenvalue weighted by Crippen LogP contribution is -2.46. The van der Waals surface area contributed by atoms with E-state index in [-0.39, 0.29) is 15.7 Å². The smallest absolute Gasteiger partial charge is 0.383 e. The molecule has 202 valence electrons. The molecule has 0 aliphatic carbocycles. The van der Waals surface area contributed by atoms with E-state index in [1.54, 1.807) is 19.2 Å². The maximum Gasteiger partial charge on any atom is 0.383 e. The van der Waals surface area contributed by atoms with Crippen LogP contribution in [0.25, 0.3) is 0 Å². The molecule has 2 aromatic carbocycles. The highest BCUT2D eigenvalue weighted by atomic mass is 35.5. The minimum absolute atomic E-state index is 0.164. The molecule has 10 nitrogen and oxygen atoms in total. The maximum absolute atomic E-state index is 13.1. The number of urea groups is 1. The SMILES string of the molecule is CCN1CCN(c2ccc(Nc3cc(N(C)C(=O)Nc4c(Cl)c(OC)cc(OC)c4Cl)[nH+]cn3)cc2)CC1. The molecule has 0 radical (unpaired) electrons. The average Bonchev–Trinajstić information content (AvgIpc) is 2.95. The summed E-state index contributed by atoms with van der Waals surface area (Å²) in [4.78, 5) is 26.6. The Hall–Kier alpha value is -3.47. The lowest BCUT2D eigenvalue weighted by molar-refractivity contribution is -0.367. The Bertz CT molecular complexity index is 1240. The summed E-state index contributed by atoms with van der Waals surface area (Å²) >= 11 is 12.8. The number of carbonyl (C=O) groups is 1. The van der Waals surface area contributed by atoms with E-state index in [2.05, 4.69) is 49.5 Å². The molecule has 38 heavy (non-hydrogen) atoms. The summed E-state index contributed by atoms with van der Waals surface area (Å²) in [6.07, 6.45) is 1.51. The van der Waals surface area contributed by atoms with E-state index in [1.807, 2.05) is 12.1 Å². The van der Waals surface area contributed by atoms with Crippen molar-refractivity contribution in [2.24, 2.45) is 0 Å². The van der Waals surface area contributed by atoms with Crippen LogP contribution in [-0.4, -0.2) is 69.9 Å². The zero-order valence-corrected chi connectivity index (χ0v) is 23.4. The monoisotopic (exact) mass is 560 g/mol. The predicted molar refractivity (Wildman–Crippen MR) is 152 cm³/mol. The number of hydrogen-bond acceptors (Lipinski definition) is 7. The molecule has 0 saturated carbocycles. The molecule has 1 fully saturated rings. The summed E-state index contributed by atoms with van der Waals surface area (Å²) in [5.41, 5.74) is 2.27. The van der Waals surface area contributed by atoms with Gasteiger partial charge in [0.05, 0.1) is 33.0 Å². The third kappa shape index (κ3) is 6.15. The maximum atomic E-state index is 13.1. The van der Waals surface area contributed by atoms with Crippen LogP contribution in [-0.2, 0) is 0 Å². The van der Waals surface area contributed by atoms with Gasteiger partial charge in [0.25, 0.3) is 0 Å². The molecule has 0 bridgehead atoms. The number of methoxy groups -OCH3 is 2. The van der Waals surface area contributed by atoms with E-state index in [0.717, 1.165) is 38.4 Å². The number of hydrogen-bond donors (Lipinski definition) is 2. The molecule has 2 amide bonds. The van der Waals surface area contributed by atoms with Gasteiger partial charge >= 0.3 is 6.03 Å². The fraction of sp³-hybridized carbons (Fsp3) is 0.346. The van der Waals surface area contributed by atoms with Crippen LogP contribution in [0.2, 0.25) is 10.0 Å². The summed E-state index contributed by atoms with van der Waals surface area (Å²) in [6, 6.07) is 11.1. The average molecular weight is 561 g/mol. The third-order valence-electron chi connectivity index (χ3n) is 6.49. The molecule has 0 unspecified atom stereocenters. The number of ether oxygens (including phenoxy) is 2. The van der Waals surface area contributed by atoms with Crippen LogP contribution in [0.4, 0.5) is 33.5 Å². The zero-order chi connectivity index (χ0) is 27.2. The summed E-state index contributed by atoms with van der Waals surface area (Å²) < 4.78 is 10.5. The first-order chi connectivity index (χ1) is 18.3. The van der Waals surface area contributed by atoms with Gasteiger partial charge < -0.3 is 24.6 Å². The van der Waals surface area contributed by atoms with Crippen LogP contribution in [0.1, 0.15) is 6.92 Å². The molecule has 2 heterocycles. The summed E-state index contributed by atoms with van der Waals surface area (Å²) in [5.74, 6) is 1.71. The van der Waals surface area contributed by atoms with Crippen molar-refractivity contribution in [2.45, 2.75) is 6.92 Å². The fourth-order valence-corrected chi connectivity index (χ4v) is 4.75. The highest BCUT2D eigenvalue weighted by molar-refractivity contribution is 6.41. The van der Waals surface area contributed by atoms with Crippen molar-refractivity contribution in [3.05, 3.63) is 52.8 Å². The van der Waals surface area contributed by atoms with Gasteiger partial charge in [-0.05, 0) is 30.8 Å². The fourth-order valence-electron chi connectivity index (χ4n) is 4.16. The highest BCUT2D eigenvalue weighted by Gasteiger charge is 2.24. The molecule has 1 saturated heterocycles. The first kappa shape index (κ1) is 27.6. The van der Waals surface area contributed by atoms with Gasteiger partial charge in [-0.3, -0.25) is 5.32 Å². The second-order valence-electron chi connectivity index (χ2n) is 8.68. The number of carbonyl (C=O) groups excluding carboxylic acids is 1. The summed E-state index contributed by atoms with van der Waals surface area (Å²) in [7, 11) is 4.54. The number of nitrogens with zero attached hydrogens (tertiary/aromatic N) is 4. The topological polar surface area (TPSA) is 96.3 Å². The number of amides is 2. The standard InChI is InChI=1S/C26H31Cl2N7O3/c1-5-34-10-12-35(13-11-34)18-8-6-17(7-9-18)31-21-15-22(30-16-29-21)33(2)26(36)32-25-23(27)19(37-3)14-20(38-4)24(25)28/h6-9,14-16H,5,10-13H2,1-4H3,(H,32,36)(H,29,30,31)/p+1. The van der Waals surface area contributed by atoms with Crippen LogP contribution in [0, 0.1) is 0 Å². The number of likely N-dealkylation sites (N-methyl/N-ethyl adjacent to an activating group) is 1. The minimum Gasteiger partial charge on any atom is -0.495 e. The number of piperazine rings is 1. The second kappa shape index (κ2) is 12.4. The molecule has 3 aromatic rings. The Labute approximate surface area is 232 Å². The highest BCUT2D eigenvalue weighted by Crippen LogP contribution is 2.44.